The second-order valence-corrected chi connectivity index (χ2v) is 7.81. The molecule has 4 heterocycles. The number of nitrogens with two attached hydrogens (primary N) is 2. The molecule has 0 bridgehead atoms. The van der Waals surface area contributed by atoms with Gasteiger partial charge in [-0.05, 0) is 54.0 Å². The van der Waals surface area contributed by atoms with Crippen molar-refractivity contribution < 1.29 is 9.47 Å². The molecule has 4 rings (SSSR count). The maximum atomic E-state index is 5.54. The van der Waals surface area contributed by atoms with E-state index in [4.69, 9.17) is 20.9 Å². The van der Waals surface area contributed by atoms with Gasteiger partial charge in [0.1, 0.15) is 11.6 Å². The Morgan fingerprint density at radius 2 is 1.69 bits per heavy atom. The van der Waals surface area contributed by atoms with Crippen molar-refractivity contribution >= 4 is 33.3 Å². The molecule has 2 aromatic rings. The van der Waals surface area contributed by atoms with Gasteiger partial charge in [-0.25, -0.2) is 9.97 Å². The van der Waals surface area contributed by atoms with Crippen molar-refractivity contribution in [3.63, 3.8) is 0 Å². The first-order valence-electron chi connectivity index (χ1n) is 9.69. The first-order chi connectivity index (χ1) is 14.0. The lowest BCUT2D eigenvalue weighted by molar-refractivity contribution is 0.0824. The lowest BCUT2D eigenvalue weighted by Crippen LogP contribution is -2.43. The van der Waals surface area contributed by atoms with Gasteiger partial charge >= 0.3 is 0 Å². The fourth-order valence-electron chi connectivity index (χ4n) is 2.76. The van der Waals surface area contributed by atoms with Crippen molar-refractivity contribution in [1.82, 2.24) is 15.3 Å². The topological polar surface area (TPSA) is 112 Å². The fraction of sp³-hybridized carbons (Fsp3) is 0.500. The summed E-state index contributed by atoms with van der Waals surface area (Å²) >= 11 is 3.23. The van der Waals surface area contributed by atoms with Gasteiger partial charge in [-0.2, -0.15) is 0 Å². The molecular formula is C20H31BrN6O2. The second-order valence-electron chi connectivity index (χ2n) is 6.89. The Hall–Kier alpha value is -1.94. The number of hydrogen-bond donors (Lipinski definition) is 3. The van der Waals surface area contributed by atoms with Crippen LogP contribution >= 0.6 is 15.9 Å². The molecule has 9 heteroatoms. The number of pyridine rings is 2. The minimum absolute atomic E-state index is 0.411. The average Bonchev–Trinajstić information content (AvgIpc) is 2.73. The molecule has 2 saturated heterocycles. The molecule has 2 fully saturated rings. The summed E-state index contributed by atoms with van der Waals surface area (Å²) in [5.41, 5.74) is 12.0. The van der Waals surface area contributed by atoms with Crippen molar-refractivity contribution in [1.29, 1.82) is 0 Å². The molecule has 0 aromatic carbocycles. The molecule has 0 saturated carbocycles. The van der Waals surface area contributed by atoms with Crippen molar-refractivity contribution in [2.75, 3.05) is 55.9 Å². The lowest BCUT2D eigenvalue weighted by atomic mass is 10.2. The maximum absolute atomic E-state index is 5.54. The van der Waals surface area contributed by atoms with E-state index in [0.29, 0.717) is 23.7 Å². The molecule has 8 nitrogen and oxygen atoms in total. The molecule has 2 aromatic heterocycles. The highest BCUT2D eigenvalue weighted by Crippen LogP contribution is 2.18. The molecule has 0 spiro atoms. The van der Waals surface area contributed by atoms with Crippen LogP contribution in [0, 0.1) is 0 Å². The fourth-order valence-corrected chi connectivity index (χ4v) is 3.00. The van der Waals surface area contributed by atoms with Crippen molar-refractivity contribution in [2.24, 2.45) is 0 Å². The number of anilines is 3. The summed E-state index contributed by atoms with van der Waals surface area (Å²) in [6.45, 7) is 9.53. The highest BCUT2D eigenvalue weighted by Gasteiger charge is 2.18. The van der Waals surface area contributed by atoms with Crippen LogP contribution in [0.3, 0.4) is 0 Å². The van der Waals surface area contributed by atoms with Crippen molar-refractivity contribution in [3.8, 4) is 0 Å². The molecule has 2 aliphatic rings. The Balaban J connectivity index is 0.000000170. The van der Waals surface area contributed by atoms with E-state index in [2.05, 4.69) is 50.0 Å². The van der Waals surface area contributed by atoms with Gasteiger partial charge in [0.2, 0.25) is 0 Å². The monoisotopic (exact) mass is 466 g/mol. The smallest absolute Gasteiger partial charge is 0.123 e. The Kier molecular flexibility index (Phi) is 10.1. The number of rotatable bonds is 1. The van der Waals surface area contributed by atoms with E-state index in [9.17, 15) is 0 Å². The lowest BCUT2D eigenvalue weighted by Gasteiger charge is -2.34. The third-order valence-electron chi connectivity index (χ3n) is 4.33. The third kappa shape index (κ3) is 8.95. The van der Waals surface area contributed by atoms with Gasteiger partial charge in [0, 0.05) is 35.8 Å². The van der Waals surface area contributed by atoms with Crippen LogP contribution in [-0.4, -0.2) is 61.6 Å². The van der Waals surface area contributed by atoms with Gasteiger partial charge in [0.15, 0.2) is 0 Å². The van der Waals surface area contributed by atoms with Gasteiger partial charge in [0.25, 0.3) is 0 Å². The summed E-state index contributed by atoms with van der Waals surface area (Å²) in [5.74, 6) is 1.11. The Labute approximate surface area is 181 Å². The zero-order chi connectivity index (χ0) is 21.1. The average molecular weight is 467 g/mol. The van der Waals surface area contributed by atoms with Crippen LogP contribution in [0.4, 0.5) is 17.3 Å². The van der Waals surface area contributed by atoms with E-state index >= 15 is 0 Å². The molecular weight excluding hydrogens is 436 g/mol. The predicted octanol–water partition coefficient (Wildman–Crippen LogP) is 2.31. The zero-order valence-electron chi connectivity index (χ0n) is 17.1. The first-order valence-corrected chi connectivity index (χ1v) is 10.5. The molecule has 5 N–H and O–H groups in total. The van der Waals surface area contributed by atoms with E-state index in [-0.39, 0.29) is 0 Å². The maximum Gasteiger partial charge on any atom is 0.123 e. The largest absolute Gasteiger partial charge is 0.384 e. The highest BCUT2D eigenvalue weighted by molar-refractivity contribution is 9.10. The van der Waals surface area contributed by atoms with E-state index in [1.807, 2.05) is 24.4 Å². The van der Waals surface area contributed by atoms with Crippen molar-refractivity contribution in [2.45, 2.75) is 25.9 Å². The minimum Gasteiger partial charge on any atom is -0.384 e. The summed E-state index contributed by atoms with van der Waals surface area (Å²) in [6, 6.07) is 8.40. The van der Waals surface area contributed by atoms with Crippen LogP contribution in [0.1, 0.15) is 13.8 Å². The van der Waals surface area contributed by atoms with Crippen LogP contribution in [-0.2, 0) is 9.47 Å². The summed E-state index contributed by atoms with van der Waals surface area (Å²) in [5, 5.41) is 3.26. The summed E-state index contributed by atoms with van der Waals surface area (Å²) in [6.07, 6.45) is 3.48. The quantitative estimate of drug-likeness (QED) is 0.586. The molecule has 160 valence electrons. The molecule has 2 atom stereocenters. The number of nitrogens with one attached hydrogen (secondary N) is 1. The van der Waals surface area contributed by atoms with E-state index in [1.165, 1.54) is 0 Å². The third-order valence-corrected chi connectivity index (χ3v) is 4.80. The Morgan fingerprint density at radius 3 is 2.14 bits per heavy atom. The van der Waals surface area contributed by atoms with Crippen LogP contribution in [0.5, 0.6) is 0 Å². The zero-order valence-corrected chi connectivity index (χ0v) is 18.6. The van der Waals surface area contributed by atoms with Gasteiger partial charge < -0.3 is 31.2 Å². The van der Waals surface area contributed by atoms with E-state index in [1.54, 1.807) is 12.3 Å². The standard InChI is InChI=1S/C10H15N3O.C5H5BrN2.C5H11NO/c1-8-7-14-5-4-13(8)9-2-3-10(11)12-6-9;6-4-1-2-5(7)8-3-4;1-5-4-7-3-2-6-5/h2-3,6,8H,4-5,7H2,1H3,(H2,11,12);1-3H,(H2,7,8);5-6H,2-4H2,1H3/t8-;;5-/m0.0/s1. The van der Waals surface area contributed by atoms with Gasteiger partial charge in [0.05, 0.1) is 38.3 Å². The number of ether oxygens (including phenoxy) is 2. The molecule has 2 aliphatic heterocycles. The summed E-state index contributed by atoms with van der Waals surface area (Å²) < 4.78 is 11.4. The van der Waals surface area contributed by atoms with Crippen LogP contribution in [0.2, 0.25) is 0 Å². The van der Waals surface area contributed by atoms with Gasteiger partial charge in [-0.1, -0.05) is 0 Å². The summed E-state index contributed by atoms with van der Waals surface area (Å²) in [7, 11) is 0. The van der Waals surface area contributed by atoms with Crippen LogP contribution < -0.4 is 21.7 Å². The Morgan fingerprint density at radius 1 is 1.00 bits per heavy atom. The highest BCUT2D eigenvalue weighted by atomic mass is 79.9. The molecule has 0 unspecified atom stereocenters. The normalized spacial score (nSPS) is 21.3. The number of halogens is 1. The van der Waals surface area contributed by atoms with E-state index < -0.39 is 0 Å². The second kappa shape index (κ2) is 12.6. The molecule has 0 amide bonds. The number of aromatic nitrogens is 2. The SMILES string of the molecule is C[C@H]1COCCN1.C[C@H]1COCCN1c1ccc(N)nc1.Nc1ccc(Br)cn1. The number of morpholine rings is 2. The number of hydrogen-bond acceptors (Lipinski definition) is 8. The number of nitrogen functional groups attached to an aromatic ring is 2. The van der Waals surface area contributed by atoms with Gasteiger partial charge in [-0.15, -0.1) is 0 Å². The van der Waals surface area contributed by atoms with Crippen molar-refractivity contribution in [3.05, 3.63) is 41.1 Å². The molecule has 0 radical (unpaired) electrons. The van der Waals surface area contributed by atoms with Gasteiger partial charge in [-0.3, -0.25) is 0 Å². The number of nitrogens with zero attached hydrogens (tertiary/aromatic N) is 3. The Bertz CT molecular complexity index is 674. The minimum atomic E-state index is 0.411. The molecule has 29 heavy (non-hydrogen) atoms. The predicted molar refractivity (Wildman–Crippen MR) is 121 cm³/mol. The molecule has 0 aliphatic carbocycles. The van der Waals surface area contributed by atoms with Crippen LogP contribution in [0.25, 0.3) is 0 Å². The summed E-state index contributed by atoms with van der Waals surface area (Å²) in [4.78, 5) is 10.2. The van der Waals surface area contributed by atoms with E-state index in [0.717, 1.165) is 49.7 Å². The van der Waals surface area contributed by atoms with Crippen LogP contribution in [0.15, 0.2) is 41.1 Å². The first kappa shape index (κ1) is 23.3.